The Balaban J connectivity index is 1.70. The number of carbonyl (C=O) groups is 1. The molecule has 0 radical (unpaired) electrons. The van der Waals surface area contributed by atoms with Gasteiger partial charge in [0.1, 0.15) is 19.0 Å². The molecule has 0 fully saturated rings. The van der Waals surface area contributed by atoms with E-state index >= 15 is 0 Å². The van der Waals surface area contributed by atoms with Crippen molar-refractivity contribution in [2.45, 2.75) is 6.54 Å². The van der Waals surface area contributed by atoms with E-state index in [0.29, 0.717) is 37.0 Å². The van der Waals surface area contributed by atoms with E-state index in [1.807, 2.05) is 0 Å². The van der Waals surface area contributed by atoms with Crippen LogP contribution in [-0.4, -0.2) is 38.2 Å². The van der Waals surface area contributed by atoms with E-state index in [1.54, 1.807) is 49.4 Å². The second kappa shape index (κ2) is 7.91. The van der Waals surface area contributed by atoms with E-state index in [-0.39, 0.29) is 11.7 Å². The van der Waals surface area contributed by atoms with Crippen molar-refractivity contribution in [1.82, 2.24) is 4.90 Å². The largest absolute Gasteiger partial charge is 0.493 e. The van der Waals surface area contributed by atoms with Gasteiger partial charge in [0.2, 0.25) is 11.7 Å². The van der Waals surface area contributed by atoms with Crippen LogP contribution in [0.4, 0.5) is 4.39 Å². The van der Waals surface area contributed by atoms with Crippen molar-refractivity contribution in [3.05, 3.63) is 59.4 Å². The van der Waals surface area contributed by atoms with E-state index in [9.17, 15) is 9.18 Å². The Labute approximate surface area is 151 Å². The van der Waals surface area contributed by atoms with Crippen LogP contribution in [0, 0.1) is 5.82 Å². The predicted molar refractivity (Wildman–Crippen MR) is 95.9 cm³/mol. The number of fused-ring (bicyclic) bond motifs is 1. The molecule has 2 aromatic rings. The molecule has 2 aromatic carbocycles. The number of ether oxygens (including phenoxy) is 3. The molecule has 6 heteroatoms. The van der Waals surface area contributed by atoms with Gasteiger partial charge in [-0.05, 0) is 41.5 Å². The number of nitrogens with zero attached hydrogens (tertiary/aromatic N) is 1. The number of benzene rings is 2. The van der Waals surface area contributed by atoms with Crippen LogP contribution in [0.15, 0.2) is 42.5 Å². The fourth-order valence-corrected chi connectivity index (χ4v) is 2.63. The second-order valence-corrected chi connectivity index (χ2v) is 5.90. The highest BCUT2D eigenvalue weighted by atomic mass is 19.1. The highest BCUT2D eigenvalue weighted by molar-refractivity contribution is 5.91. The van der Waals surface area contributed by atoms with Gasteiger partial charge < -0.3 is 19.1 Å². The van der Waals surface area contributed by atoms with Crippen molar-refractivity contribution in [3.63, 3.8) is 0 Å². The van der Waals surface area contributed by atoms with Crippen molar-refractivity contribution in [2.24, 2.45) is 0 Å². The maximum Gasteiger partial charge on any atom is 0.246 e. The molecule has 136 valence electrons. The molecule has 0 spiro atoms. The Kier molecular flexibility index (Phi) is 5.41. The lowest BCUT2D eigenvalue weighted by Gasteiger charge is -2.21. The normalized spacial score (nSPS) is 12.9. The van der Waals surface area contributed by atoms with Gasteiger partial charge in [-0.25, -0.2) is 4.39 Å². The molecule has 0 unspecified atom stereocenters. The third-order valence-electron chi connectivity index (χ3n) is 3.98. The van der Waals surface area contributed by atoms with Crippen molar-refractivity contribution >= 4 is 12.0 Å². The van der Waals surface area contributed by atoms with Crippen LogP contribution in [-0.2, 0) is 11.3 Å². The molecule has 0 aliphatic carbocycles. The number of amides is 1. The summed E-state index contributed by atoms with van der Waals surface area (Å²) in [6.45, 7) is 1.35. The number of hydrogen-bond donors (Lipinski definition) is 0. The average Bonchev–Trinajstić information content (AvgIpc) is 2.67. The third-order valence-corrected chi connectivity index (χ3v) is 3.98. The molecule has 0 N–H and O–H groups in total. The van der Waals surface area contributed by atoms with E-state index in [2.05, 4.69) is 0 Å². The van der Waals surface area contributed by atoms with Gasteiger partial charge in [0.15, 0.2) is 11.5 Å². The van der Waals surface area contributed by atoms with Gasteiger partial charge in [-0.3, -0.25) is 4.79 Å². The molecular weight excluding hydrogens is 337 g/mol. The summed E-state index contributed by atoms with van der Waals surface area (Å²) in [4.78, 5) is 13.9. The first-order chi connectivity index (χ1) is 12.6. The molecule has 0 atom stereocenters. The lowest BCUT2D eigenvalue weighted by atomic mass is 10.1. The minimum atomic E-state index is -0.296. The van der Waals surface area contributed by atoms with E-state index in [0.717, 1.165) is 11.1 Å². The van der Waals surface area contributed by atoms with Gasteiger partial charge in [-0.15, -0.1) is 0 Å². The first-order valence-corrected chi connectivity index (χ1v) is 8.22. The highest BCUT2D eigenvalue weighted by Gasteiger charge is 2.18. The summed E-state index contributed by atoms with van der Waals surface area (Å²) in [6, 6.07) is 9.68. The van der Waals surface area contributed by atoms with E-state index in [1.165, 1.54) is 18.2 Å². The van der Waals surface area contributed by atoms with Gasteiger partial charge >= 0.3 is 0 Å². The van der Waals surface area contributed by atoms with E-state index < -0.39 is 0 Å². The molecule has 0 saturated heterocycles. The van der Waals surface area contributed by atoms with Crippen molar-refractivity contribution < 1.29 is 23.4 Å². The van der Waals surface area contributed by atoms with Crippen LogP contribution < -0.4 is 14.2 Å². The number of carbonyl (C=O) groups excluding carboxylic acids is 1. The summed E-state index contributed by atoms with van der Waals surface area (Å²) in [7, 11) is 3.25. The van der Waals surface area contributed by atoms with Crippen molar-refractivity contribution in [3.8, 4) is 17.2 Å². The lowest BCUT2D eigenvalue weighted by Crippen LogP contribution is -2.24. The standard InChI is InChI=1S/C20H20FNO4/c1-22(13-14-3-6-16(21)7-4-14)19(23)8-5-15-11-17(24-2)20-18(12-15)25-9-10-26-20/h3-8,11-12H,9-10,13H2,1-2H3. The molecule has 5 nitrogen and oxygen atoms in total. The molecular formula is C20H20FNO4. The minimum Gasteiger partial charge on any atom is -0.493 e. The lowest BCUT2D eigenvalue weighted by molar-refractivity contribution is -0.125. The predicted octanol–water partition coefficient (Wildman–Crippen LogP) is 3.28. The zero-order valence-corrected chi connectivity index (χ0v) is 14.7. The summed E-state index contributed by atoms with van der Waals surface area (Å²) < 4.78 is 29.4. The Morgan fingerprint density at radius 3 is 2.69 bits per heavy atom. The number of hydrogen-bond acceptors (Lipinski definition) is 4. The second-order valence-electron chi connectivity index (χ2n) is 5.90. The molecule has 3 rings (SSSR count). The summed E-state index contributed by atoms with van der Waals surface area (Å²) >= 11 is 0. The van der Waals surface area contributed by atoms with Gasteiger partial charge in [0.25, 0.3) is 0 Å². The molecule has 1 amide bonds. The molecule has 1 heterocycles. The van der Waals surface area contributed by atoms with Gasteiger partial charge in [0, 0.05) is 19.7 Å². The molecule has 0 aromatic heterocycles. The Morgan fingerprint density at radius 1 is 1.23 bits per heavy atom. The molecule has 1 aliphatic rings. The summed E-state index contributed by atoms with van der Waals surface area (Å²) in [5, 5.41) is 0. The Bertz CT molecular complexity index is 800. The zero-order chi connectivity index (χ0) is 18.5. The van der Waals surface area contributed by atoms with Crippen LogP contribution in [0.3, 0.4) is 0 Å². The van der Waals surface area contributed by atoms with Crippen molar-refractivity contribution in [1.29, 1.82) is 0 Å². The topological polar surface area (TPSA) is 48.0 Å². The van der Waals surface area contributed by atoms with Crippen LogP contribution in [0.1, 0.15) is 11.1 Å². The van der Waals surface area contributed by atoms with Crippen LogP contribution in [0.5, 0.6) is 17.2 Å². The molecule has 0 saturated carbocycles. The molecule has 1 aliphatic heterocycles. The van der Waals surface area contributed by atoms with Crippen LogP contribution >= 0.6 is 0 Å². The Hall–Kier alpha value is -3.02. The Morgan fingerprint density at radius 2 is 1.96 bits per heavy atom. The SMILES string of the molecule is COc1cc(C=CC(=O)N(C)Cc2ccc(F)cc2)cc2c1OCCO2. The number of methoxy groups -OCH3 is 1. The highest BCUT2D eigenvalue weighted by Crippen LogP contribution is 2.40. The summed E-state index contributed by atoms with van der Waals surface area (Å²) in [6.07, 6.45) is 3.18. The molecule has 26 heavy (non-hydrogen) atoms. The zero-order valence-electron chi connectivity index (χ0n) is 14.7. The molecule has 0 bridgehead atoms. The van der Waals surface area contributed by atoms with Gasteiger partial charge in [-0.2, -0.15) is 0 Å². The maximum atomic E-state index is 13.0. The summed E-state index contributed by atoms with van der Waals surface area (Å²) in [5.41, 5.74) is 1.63. The van der Waals surface area contributed by atoms with Crippen LogP contribution in [0.2, 0.25) is 0 Å². The van der Waals surface area contributed by atoms with Gasteiger partial charge in [0.05, 0.1) is 7.11 Å². The average molecular weight is 357 g/mol. The maximum absolute atomic E-state index is 13.0. The first kappa shape index (κ1) is 17.8. The number of rotatable bonds is 5. The monoisotopic (exact) mass is 357 g/mol. The fourth-order valence-electron chi connectivity index (χ4n) is 2.63. The minimum absolute atomic E-state index is 0.164. The smallest absolute Gasteiger partial charge is 0.246 e. The van der Waals surface area contributed by atoms with Gasteiger partial charge in [-0.1, -0.05) is 12.1 Å². The number of halogens is 1. The quantitative estimate of drug-likeness (QED) is 0.771. The van der Waals surface area contributed by atoms with E-state index in [4.69, 9.17) is 14.2 Å². The fraction of sp³-hybridized carbons (Fsp3) is 0.250. The van der Waals surface area contributed by atoms with Crippen LogP contribution in [0.25, 0.3) is 6.08 Å². The first-order valence-electron chi connectivity index (χ1n) is 8.22. The summed E-state index contributed by atoms with van der Waals surface area (Å²) in [5.74, 6) is 1.28. The number of likely N-dealkylation sites (N-methyl/N-ethyl adjacent to an activating group) is 1. The third kappa shape index (κ3) is 4.14. The van der Waals surface area contributed by atoms with Crippen molar-refractivity contribution in [2.75, 3.05) is 27.4 Å².